The van der Waals surface area contributed by atoms with E-state index in [2.05, 4.69) is 30.9 Å². The number of nitrogens with zero attached hydrogens (tertiary/aromatic N) is 1. The number of furan rings is 1. The lowest BCUT2D eigenvalue weighted by molar-refractivity contribution is -0.144. The van der Waals surface area contributed by atoms with Gasteiger partial charge in [0.1, 0.15) is 11.5 Å². The van der Waals surface area contributed by atoms with Gasteiger partial charge in [-0.1, -0.05) is 6.92 Å². The number of likely N-dealkylation sites (tertiary alicyclic amines) is 1. The first-order valence-corrected chi connectivity index (χ1v) is 7.60. The summed E-state index contributed by atoms with van der Waals surface area (Å²) in [4.78, 5) is 13.4. The van der Waals surface area contributed by atoms with Gasteiger partial charge in [-0.25, -0.2) is 0 Å². The average molecular weight is 277 g/mol. The van der Waals surface area contributed by atoms with Gasteiger partial charge in [0, 0.05) is 18.5 Å². The molecule has 110 valence electrons. The third kappa shape index (κ3) is 2.75. The van der Waals surface area contributed by atoms with Gasteiger partial charge in [-0.05, 0) is 44.2 Å². The standard InChI is InChI=1S/C16H23NO3/c1-10-7-14(10)15-6-5-13(20-15)9-17-8-12(16(18)19)4-3-11(17)2/h5-6,10-12,14H,3-4,7-9H2,1-2H3,(H,18,19). The van der Waals surface area contributed by atoms with Gasteiger partial charge >= 0.3 is 5.97 Å². The predicted molar refractivity (Wildman–Crippen MR) is 75.5 cm³/mol. The molecule has 1 aromatic rings. The Morgan fingerprint density at radius 1 is 1.40 bits per heavy atom. The second-order valence-electron chi connectivity index (χ2n) is 6.51. The molecule has 0 bridgehead atoms. The summed E-state index contributed by atoms with van der Waals surface area (Å²) < 4.78 is 5.94. The van der Waals surface area contributed by atoms with Crippen molar-refractivity contribution in [3.05, 3.63) is 23.7 Å². The highest BCUT2D eigenvalue weighted by Crippen LogP contribution is 2.47. The van der Waals surface area contributed by atoms with Crippen molar-refractivity contribution < 1.29 is 14.3 Å². The zero-order valence-corrected chi connectivity index (χ0v) is 12.2. The molecule has 2 fully saturated rings. The van der Waals surface area contributed by atoms with Crippen LogP contribution in [0.2, 0.25) is 0 Å². The lowest BCUT2D eigenvalue weighted by atomic mass is 9.93. The zero-order valence-electron chi connectivity index (χ0n) is 12.2. The molecule has 0 spiro atoms. The monoisotopic (exact) mass is 277 g/mol. The summed E-state index contributed by atoms with van der Waals surface area (Å²) in [5.74, 6) is 2.52. The molecule has 4 heteroatoms. The first kappa shape index (κ1) is 13.7. The molecule has 4 unspecified atom stereocenters. The number of rotatable bonds is 4. The Morgan fingerprint density at radius 3 is 2.80 bits per heavy atom. The Morgan fingerprint density at radius 2 is 2.15 bits per heavy atom. The van der Waals surface area contributed by atoms with Gasteiger partial charge in [-0.2, -0.15) is 0 Å². The maximum absolute atomic E-state index is 11.1. The molecular formula is C16H23NO3. The van der Waals surface area contributed by atoms with Crippen LogP contribution in [0.3, 0.4) is 0 Å². The van der Waals surface area contributed by atoms with Gasteiger partial charge in [-0.3, -0.25) is 9.69 Å². The Labute approximate surface area is 119 Å². The Balaban J connectivity index is 1.63. The van der Waals surface area contributed by atoms with Gasteiger partial charge in [-0.15, -0.1) is 0 Å². The van der Waals surface area contributed by atoms with Crippen LogP contribution in [0.4, 0.5) is 0 Å². The van der Waals surface area contributed by atoms with Crippen molar-refractivity contribution in [2.75, 3.05) is 6.54 Å². The normalized spacial score (nSPS) is 34.1. The second-order valence-corrected chi connectivity index (χ2v) is 6.51. The van der Waals surface area contributed by atoms with Crippen molar-refractivity contribution in [1.29, 1.82) is 0 Å². The summed E-state index contributed by atoms with van der Waals surface area (Å²) in [6.45, 7) is 5.78. The van der Waals surface area contributed by atoms with Crippen LogP contribution in [-0.2, 0) is 11.3 Å². The van der Waals surface area contributed by atoms with Gasteiger partial charge in [0.2, 0.25) is 0 Å². The maximum Gasteiger partial charge on any atom is 0.307 e. The molecule has 1 saturated heterocycles. The SMILES string of the molecule is CC1CC1c1ccc(CN2CC(C(=O)O)CCC2C)o1. The van der Waals surface area contributed by atoms with Crippen LogP contribution in [-0.4, -0.2) is 28.6 Å². The van der Waals surface area contributed by atoms with Crippen molar-refractivity contribution in [3.8, 4) is 0 Å². The van der Waals surface area contributed by atoms with E-state index < -0.39 is 5.97 Å². The zero-order chi connectivity index (χ0) is 14.3. The number of carbonyl (C=O) groups is 1. The van der Waals surface area contributed by atoms with Gasteiger partial charge in [0.25, 0.3) is 0 Å². The molecule has 3 rings (SSSR count). The molecule has 0 radical (unpaired) electrons. The van der Waals surface area contributed by atoms with Crippen LogP contribution < -0.4 is 0 Å². The Hall–Kier alpha value is -1.29. The third-order valence-corrected chi connectivity index (χ3v) is 4.88. The van der Waals surface area contributed by atoms with E-state index in [-0.39, 0.29) is 5.92 Å². The fourth-order valence-corrected chi connectivity index (χ4v) is 3.20. The summed E-state index contributed by atoms with van der Waals surface area (Å²) in [5, 5.41) is 9.17. The van der Waals surface area contributed by atoms with Crippen molar-refractivity contribution in [2.45, 2.75) is 51.6 Å². The van der Waals surface area contributed by atoms with Crippen molar-refractivity contribution in [1.82, 2.24) is 4.90 Å². The van der Waals surface area contributed by atoms with Crippen molar-refractivity contribution in [3.63, 3.8) is 0 Å². The summed E-state index contributed by atoms with van der Waals surface area (Å²) in [5.41, 5.74) is 0. The smallest absolute Gasteiger partial charge is 0.307 e. The molecule has 1 aliphatic heterocycles. The number of hydrogen-bond donors (Lipinski definition) is 1. The Kier molecular flexibility index (Phi) is 3.59. The summed E-state index contributed by atoms with van der Waals surface area (Å²) in [7, 11) is 0. The van der Waals surface area contributed by atoms with Crippen LogP contribution in [0.5, 0.6) is 0 Å². The molecule has 0 aromatic carbocycles. The van der Waals surface area contributed by atoms with Gasteiger partial charge in [0.05, 0.1) is 12.5 Å². The largest absolute Gasteiger partial charge is 0.481 e. The van der Waals surface area contributed by atoms with E-state index in [0.717, 1.165) is 36.8 Å². The molecule has 0 amide bonds. The fourth-order valence-electron chi connectivity index (χ4n) is 3.20. The van der Waals surface area contributed by atoms with E-state index >= 15 is 0 Å². The lowest BCUT2D eigenvalue weighted by Crippen LogP contribution is -2.43. The minimum Gasteiger partial charge on any atom is -0.481 e. The van der Waals surface area contributed by atoms with E-state index in [1.807, 2.05) is 0 Å². The number of aliphatic carboxylic acids is 1. The van der Waals surface area contributed by atoms with Gasteiger partial charge < -0.3 is 9.52 Å². The molecule has 2 aliphatic rings. The molecule has 4 nitrogen and oxygen atoms in total. The summed E-state index contributed by atoms with van der Waals surface area (Å²) >= 11 is 0. The predicted octanol–water partition coefficient (Wildman–Crippen LogP) is 3.09. The van der Waals surface area contributed by atoms with Gasteiger partial charge in [0.15, 0.2) is 0 Å². The highest BCUT2D eigenvalue weighted by molar-refractivity contribution is 5.70. The van der Waals surface area contributed by atoms with Crippen LogP contribution in [0.1, 0.15) is 50.5 Å². The van der Waals surface area contributed by atoms with Crippen molar-refractivity contribution >= 4 is 5.97 Å². The molecule has 1 saturated carbocycles. The number of piperidine rings is 1. The maximum atomic E-state index is 11.1. The van der Waals surface area contributed by atoms with E-state index in [1.165, 1.54) is 6.42 Å². The quantitative estimate of drug-likeness (QED) is 0.919. The third-order valence-electron chi connectivity index (χ3n) is 4.88. The Bertz CT molecular complexity index is 496. The van der Waals surface area contributed by atoms with Crippen molar-refractivity contribution in [2.24, 2.45) is 11.8 Å². The van der Waals surface area contributed by atoms with Crippen LogP contribution in [0.25, 0.3) is 0 Å². The number of carboxylic acids is 1. The first-order chi connectivity index (χ1) is 9.54. The number of hydrogen-bond acceptors (Lipinski definition) is 3. The molecule has 20 heavy (non-hydrogen) atoms. The minimum atomic E-state index is -0.672. The second kappa shape index (κ2) is 5.24. The van der Waals surface area contributed by atoms with Crippen LogP contribution >= 0.6 is 0 Å². The highest BCUT2D eigenvalue weighted by atomic mass is 16.4. The number of carboxylic acid groups (broad SMARTS) is 1. The lowest BCUT2D eigenvalue weighted by Gasteiger charge is -2.35. The summed E-state index contributed by atoms with van der Waals surface area (Å²) in [6, 6.07) is 4.57. The molecule has 4 atom stereocenters. The molecule has 1 aromatic heterocycles. The van der Waals surface area contributed by atoms with E-state index in [4.69, 9.17) is 4.42 Å². The minimum absolute atomic E-state index is 0.232. The highest BCUT2D eigenvalue weighted by Gasteiger charge is 2.37. The van der Waals surface area contributed by atoms with E-state index in [1.54, 1.807) is 0 Å². The van der Waals surface area contributed by atoms with E-state index in [9.17, 15) is 9.90 Å². The molecule has 2 heterocycles. The fraction of sp³-hybridized carbons (Fsp3) is 0.688. The summed E-state index contributed by atoms with van der Waals surface area (Å²) in [6.07, 6.45) is 2.97. The van der Waals surface area contributed by atoms with Crippen LogP contribution in [0.15, 0.2) is 16.5 Å². The topological polar surface area (TPSA) is 53.7 Å². The van der Waals surface area contributed by atoms with Crippen LogP contribution in [0, 0.1) is 11.8 Å². The molecular weight excluding hydrogens is 254 g/mol. The molecule has 1 N–H and O–H groups in total. The van der Waals surface area contributed by atoms with E-state index in [0.29, 0.717) is 18.5 Å². The first-order valence-electron chi connectivity index (χ1n) is 7.60. The molecule has 1 aliphatic carbocycles. The average Bonchev–Trinajstić information content (AvgIpc) is 2.96.